The number of carbonyl (C=O) groups is 2. The number of carbonyl (C=O) groups excluding carboxylic acids is 2. The molecule has 0 aromatic carbocycles. The van der Waals surface area contributed by atoms with Crippen molar-refractivity contribution in [3.8, 4) is 0 Å². The number of ether oxygens (including phenoxy) is 2. The van der Waals surface area contributed by atoms with Gasteiger partial charge in [0, 0.05) is 7.05 Å². The van der Waals surface area contributed by atoms with Gasteiger partial charge in [-0.15, -0.1) is 0 Å². The lowest BCUT2D eigenvalue weighted by Crippen LogP contribution is -2.45. The van der Waals surface area contributed by atoms with Gasteiger partial charge in [-0.3, -0.25) is 4.90 Å². The summed E-state index contributed by atoms with van der Waals surface area (Å²) in [6.07, 6.45) is 2.81. The van der Waals surface area contributed by atoms with E-state index >= 15 is 0 Å². The summed E-state index contributed by atoms with van der Waals surface area (Å²) >= 11 is 0. The molecule has 1 N–H and O–H groups in total. The predicted molar refractivity (Wildman–Crippen MR) is 75.3 cm³/mol. The standard InChI is InChI=1S/C14H25NO5/c1-6-19-12(17)11(9-7-8-10-16)15(5)13(18)20-14(2,3)4/h7-8,11,16H,6,9-10H2,1-5H3. The molecular formula is C14H25NO5. The fourth-order valence-corrected chi connectivity index (χ4v) is 1.41. The largest absolute Gasteiger partial charge is 0.464 e. The highest BCUT2D eigenvalue weighted by atomic mass is 16.6. The zero-order valence-electron chi connectivity index (χ0n) is 12.9. The number of nitrogens with zero attached hydrogens (tertiary/aromatic N) is 1. The van der Waals surface area contributed by atoms with Crippen LogP contribution >= 0.6 is 0 Å². The number of rotatable bonds is 6. The fraction of sp³-hybridized carbons (Fsp3) is 0.714. The van der Waals surface area contributed by atoms with Crippen molar-refractivity contribution in [1.29, 1.82) is 0 Å². The SMILES string of the molecule is CCOC(=O)C(CC=CCO)N(C)C(=O)OC(C)(C)C. The van der Waals surface area contributed by atoms with E-state index in [2.05, 4.69) is 0 Å². The summed E-state index contributed by atoms with van der Waals surface area (Å²) in [7, 11) is 1.49. The number of hydrogen-bond acceptors (Lipinski definition) is 5. The fourth-order valence-electron chi connectivity index (χ4n) is 1.41. The van der Waals surface area contributed by atoms with Gasteiger partial charge in [0.1, 0.15) is 11.6 Å². The molecule has 1 amide bonds. The Hall–Kier alpha value is -1.56. The summed E-state index contributed by atoms with van der Waals surface area (Å²) in [6.45, 7) is 7.08. The highest BCUT2D eigenvalue weighted by molar-refractivity contribution is 5.81. The van der Waals surface area contributed by atoms with E-state index in [1.165, 1.54) is 18.0 Å². The average molecular weight is 287 g/mol. The Bertz CT molecular complexity index is 346. The zero-order chi connectivity index (χ0) is 15.8. The van der Waals surface area contributed by atoms with Crippen molar-refractivity contribution in [2.45, 2.75) is 45.8 Å². The number of aliphatic hydroxyl groups excluding tert-OH is 1. The minimum atomic E-state index is -0.771. The molecule has 0 bridgehead atoms. The molecule has 0 heterocycles. The summed E-state index contributed by atoms with van der Waals surface area (Å²) in [5, 5.41) is 8.71. The lowest BCUT2D eigenvalue weighted by molar-refractivity contribution is -0.148. The molecule has 0 saturated carbocycles. The van der Waals surface area contributed by atoms with Gasteiger partial charge in [-0.1, -0.05) is 12.2 Å². The first-order valence-electron chi connectivity index (χ1n) is 6.61. The second kappa shape index (κ2) is 8.58. The highest BCUT2D eigenvalue weighted by Gasteiger charge is 2.30. The lowest BCUT2D eigenvalue weighted by Gasteiger charge is -2.29. The van der Waals surface area contributed by atoms with Crippen LogP contribution in [-0.2, 0) is 14.3 Å². The number of esters is 1. The van der Waals surface area contributed by atoms with Gasteiger partial charge in [0.25, 0.3) is 0 Å². The van der Waals surface area contributed by atoms with E-state index in [1.807, 2.05) is 0 Å². The van der Waals surface area contributed by atoms with Crippen LogP contribution in [0.3, 0.4) is 0 Å². The van der Waals surface area contributed by atoms with Gasteiger partial charge in [-0.2, -0.15) is 0 Å². The van der Waals surface area contributed by atoms with E-state index in [1.54, 1.807) is 33.8 Å². The van der Waals surface area contributed by atoms with Crippen LogP contribution in [0.4, 0.5) is 4.79 Å². The predicted octanol–water partition coefficient (Wildman–Crippen LogP) is 1.72. The summed E-state index contributed by atoms with van der Waals surface area (Å²) in [6, 6.07) is -0.771. The molecule has 0 aromatic heterocycles. The van der Waals surface area contributed by atoms with E-state index < -0.39 is 23.7 Å². The number of hydrogen-bond donors (Lipinski definition) is 1. The van der Waals surface area contributed by atoms with Crippen LogP contribution in [-0.4, -0.2) is 54.0 Å². The molecule has 6 heteroatoms. The molecule has 0 aliphatic rings. The van der Waals surface area contributed by atoms with Crippen LogP contribution in [0.2, 0.25) is 0 Å². The third-order valence-electron chi connectivity index (χ3n) is 2.34. The molecule has 1 unspecified atom stereocenters. The van der Waals surface area contributed by atoms with Crippen molar-refractivity contribution in [2.75, 3.05) is 20.3 Å². The second-order valence-corrected chi connectivity index (χ2v) is 5.25. The van der Waals surface area contributed by atoms with Crippen molar-refractivity contribution in [2.24, 2.45) is 0 Å². The maximum atomic E-state index is 12.0. The summed E-state index contributed by atoms with van der Waals surface area (Å²) < 4.78 is 10.2. The molecule has 0 aliphatic heterocycles. The molecule has 0 rings (SSSR count). The number of aliphatic hydroxyl groups is 1. The van der Waals surface area contributed by atoms with E-state index in [9.17, 15) is 9.59 Å². The Labute approximate surface area is 120 Å². The quantitative estimate of drug-likeness (QED) is 0.594. The first-order chi connectivity index (χ1) is 9.22. The van der Waals surface area contributed by atoms with Crippen molar-refractivity contribution in [3.05, 3.63) is 12.2 Å². The van der Waals surface area contributed by atoms with Crippen LogP contribution in [0.1, 0.15) is 34.1 Å². The van der Waals surface area contributed by atoms with Gasteiger partial charge in [-0.25, -0.2) is 9.59 Å². The van der Waals surface area contributed by atoms with Gasteiger partial charge in [-0.05, 0) is 34.1 Å². The Morgan fingerprint density at radius 1 is 1.30 bits per heavy atom. The van der Waals surface area contributed by atoms with Crippen molar-refractivity contribution >= 4 is 12.1 Å². The van der Waals surface area contributed by atoms with Crippen LogP contribution in [0.15, 0.2) is 12.2 Å². The summed E-state index contributed by atoms with van der Waals surface area (Å²) in [4.78, 5) is 25.1. The van der Waals surface area contributed by atoms with E-state index in [4.69, 9.17) is 14.6 Å². The van der Waals surface area contributed by atoms with Crippen LogP contribution in [0.5, 0.6) is 0 Å². The molecule has 0 spiro atoms. The van der Waals surface area contributed by atoms with Gasteiger partial charge in [0.15, 0.2) is 0 Å². The molecule has 0 saturated heterocycles. The monoisotopic (exact) mass is 287 g/mol. The van der Waals surface area contributed by atoms with Gasteiger partial charge < -0.3 is 14.6 Å². The smallest absolute Gasteiger partial charge is 0.410 e. The zero-order valence-corrected chi connectivity index (χ0v) is 12.9. The van der Waals surface area contributed by atoms with Gasteiger partial charge in [0.2, 0.25) is 0 Å². The summed E-state index contributed by atoms with van der Waals surface area (Å²) in [5.74, 6) is -0.497. The van der Waals surface area contributed by atoms with Crippen molar-refractivity contribution < 1.29 is 24.2 Å². The molecule has 0 aliphatic carbocycles. The van der Waals surface area contributed by atoms with Crippen LogP contribution in [0, 0.1) is 0 Å². The third kappa shape index (κ3) is 7.13. The van der Waals surface area contributed by atoms with E-state index in [0.29, 0.717) is 0 Å². The molecule has 1 atom stereocenters. The molecular weight excluding hydrogens is 262 g/mol. The van der Waals surface area contributed by atoms with E-state index in [0.717, 1.165) is 0 Å². The third-order valence-corrected chi connectivity index (χ3v) is 2.34. The van der Waals surface area contributed by atoms with Crippen LogP contribution in [0.25, 0.3) is 0 Å². The first-order valence-corrected chi connectivity index (χ1v) is 6.61. The lowest BCUT2D eigenvalue weighted by atomic mass is 10.1. The normalized spacial score (nSPS) is 13.1. The average Bonchev–Trinajstić information content (AvgIpc) is 2.32. The Morgan fingerprint density at radius 3 is 2.35 bits per heavy atom. The Balaban J connectivity index is 4.86. The minimum Gasteiger partial charge on any atom is -0.464 e. The van der Waals surface area contributed by atoms with Crippen molar-refractivity contribution in [3.63, 3.8) is 0 Å². The first kappa shape index (κ1) is 18.4. The maximum Gasteiger partial charge on any atom is 0.410 e. The Kier molecular flexibility index (Phi) is 7.91. The molecule has 6 nitrogen and oxygen atoms in total. The Morgan fingerprint density at radius 2 is 1.90 bits per heavy atom. The van der Waals surface area contributed by atoms with Crippen molar-refractivity contribution in [1.82, 2.24) is 4.90 Å². The number of amides is 1. The molecule has 20 heavy (non-hydrogen) atoms. The molecule has 116 valence electrons. The van der Waals surface area contributed by atoms with E-state index in [-0.39, 0.29) is 19.6 Å². The topological polar surface area (TPSA) is 76.1 Å². The minimum absolute atomic E-state index is 0.119. The molecule has 0 fully saturated rings. The highest BCUT2D eigenvalue weighted by Crippen LogP contribution is 2.13. The van der Waals surface area contributed by atoms with Gasteiger partial charge >= 0.3 is 12.1 Å². The second-order valence-electron chi connectivity index (χ2n) is 5.25. The number of likely N-dealkylation sites (N-methyl/N-ethyl adjacent to an activating group) is 1. The maximum absolute atomic E-state index is 12.0. The van der Waals surface area contributed by atoms with Gasteiger partial charge in [0.05, 0.1) is 13.2 Å². The summed E-state index contributed by atoms with van der Waals surface area (Å²) in [5.41, 5.74) is -0.633. The van der Waals surface area contributed by atoms with Crippen LogP contribution < -0.4 is 0 Å². The molecule has 0 radical (unpaired) electrons. The molecule has 0 aromatic rings.